The van der Waals surface area contributed by atoms with Gasteiger partial charge in [-0.05, 0) is 13.5 Å². The fourth-order valence-electron chi connectivity index (χ4n) is 2.38. The van der Waals surface area contributed by atoms with E-state index >= 15 is 0 Å². The average molecular weight is 204 g/mol. The summed E-state index contributed by atoms with van der Waals surface area (Å²) in [5, 5.41) is 0. The van der Waals surface area contributed by atoms with Crippen molar-refractivity contribution in [2.45, 2.75) is 18.5 Å². The van der Waals surface area contributed by atoms with Gasteiger partial charge in [-0.2, -0.15) is 0 Å². The van der Waals surface area contributed by atoms with Crippen LogP contribution in [-0.4, -0.2) is 54.3 Å². The molecular formula is C8H16N2S2. The summed E-state index contributed by atoms with van der Waals surface area (Å²) >= 11 is 4.16. The highest BCUT2D eigenvalue weighted by atomic mass is 33.1. The lowest BCUT2D eigenvalue weighted by atomic mass is 10.2. The van der Waals surface area contributed by atoms with E-state index in [1.807, 2.05) is 0 Å². The number of nitrogens with zero attached hydrogens (tertiary/aromatic N) is 2. The van der Waals surface area contributed by atoms with Crippen LogP contribution in [0.5, 0.6) is 0 Å². The molecule has 2 atom stereocenters. The first kappa shape index (κ1) is 9.19. The van der Waals surface area contributed by atoms with Crippen LogP contribution < -0.4 is 0 Å². The van der Waals surface area contributed by atoms with Gasteiger partial charge in [0.2, 0.25) is 0 Å². The highest BCUT2D eigenvalue weighted by Gasteiger charge is 2.40. The van der Waals surface area contributed by atoms with E-state index in [0.29, 0.717) is 0 Å². The summed E-state index contributed by atoms with van der Waals surface area (Å²) in [5.74, 6) is 1.16. The van der Waals surface area contributed by atoms with Gasteiger partial charge in [-0.1, -0.05) is 10.8 Å². The van der Waals surface area contributed by atoms with E-state index in [1.165, 1.54) is 26.1 Å². The second-order valence-electron chi connectivity index (χ2n) is 3.81. The normalized spacial score (nSPS) is 36.5. The molecule has 2 unspecified atom stereocenters. The van der Waals surface area contributed by atoms with Gasteiger partial charge in [0, 0.05) is 37.5 Å². The first-order chi connectivity index (χ1) is 5.81. The molecule has 0 N–H and O–H groups in total. The lowest BCUT2D eigenvalue weighted by Gasteiger charge is -2.31. The van der Waals surface area contributed by atoms with Gasteiger partial charge in [-0.15, -0.1) is 11.7 Å². The van der Waals surface area contributed by atoms with Crippen LogP contribution in [0.25, 0.3) is 0 Å². The molecule has 2 saturated heterocycles. The molecule has 2 aliphatic rings. The maximum atomic E-state index is 4.16. The summed E-state index contributed by atoms with van der Waals surface area (Å²) in [6.07, 6.45) is 1.40. The number of fused-ring (bicyclic) bond motifs is 2. The molecule has 2 heterocycles. The summed E-state index contributed by atoms with van der Waals surface area (Å²) in [4.78, 5) is 5.11. The van der Waals surface area contributed by atoms with Crippen molar-refractivity contribution >= 4 is 22.5 Å². The lowest BCUT2D eigenvalue weighted by Crippen LogP contribution is -2.45. The highest BCUT2D eigenvalue weighted by Crippen LogP contribution is 2.29. The van der Waals surface area contributed by atoms with Crippen LogP contribution in [0.1, 0.15) is 6.42 Å². The fraction of sp³-hybridized carbons (Fsp3) is 1.00. The Kier molecular flexibility index (Phi) is 2.89. The molecular weight excluding hydrogens is 188 g/mol. The number of likely N-dealkylation sites (tertiary alicyclic amines) is 2. The Morgan fingerprint density at radius 1 is 1.42 bits per heavy atom. The summed E-state index contributed by atoms with van der Waals surface area (Å²) in [6.45, 7) is 3.79. The molecule has 2 nitrogen and oxygen atoms in total. The standard InChI is InChI=1S/C8H16N2S2/c1-9-5-8-4-7(9)6-10(8)2-3-12-11/h7-8,11H,2-6H2,1H3. The van der Waals surface area contributed by atoms with Crippen LogP contribution in [0.15, 0.2) is 0 Å². The van der Waals surface area contributed by atoms with Crippen LogP contribution in [0.2, 0.25) is 0 Å². The van der Waals surface area contributed by atoms with Gasteiger partial charge in [0.25, 0.3) is 0 Å². The Labute approximate surface area is 83.5 Å². The monoisotopic (exact) mass is 204 g/mol. The molecule has 0 aromatic rings. The Morgan fingerprint density at radius 2 is 2.25 bits per heavy atom. The van der Waals surface area contributed by atoms with Crippen LogP contribution in [0.3, 0.4) is 0 Å². The third kappa shape index (κ3) is 1.62. The van der Waals surface area contributed by atoms with Gasteiger partial charge in [-0.25, -0.2) is 0 Å². The molecule has 0 aromatic carbocycles. The van der Waals surface area contributed by atoms with Crippen molar-refractivity contribution in [3.05, 3.63) is 0 Å². The van der Waals surface area contributed by atoms with Gasteiger partial charge >= 0.3 is 0 Å². The van der Waals surface area contributed by atoms with E-state index in [4.69, 9.17) is 0 Å². The summed E-state index contributed by atoms with van der Waals surface area (Å²) in [5.41, 5.74) is 0. The third-order valence-corrected chi connectivity index (χ3v) is 4.01. The van der Waals surface area contributed by atoms with Gasteiger partial charge in [0.05, 0.1) is 0 Å². The van der Waals surface area contributed by atoms with Crippen molar-refractivity contribution in [2.24, 2.45) is 0 Å². The van der Waals surface area contributed by atoms with E-state index in [1.54, 1.807) is 10.8 Å². The van der Waals surface area contributed by atoms with Gasteiger partial charge in [-0.3, -0.25) is 4.90 Å². The highest BCUT2D eigenvalue weighted by molar-refractivity contribution is 8.68. The molecule has 0 aromatic heterocycles. The zero-order chi connectivity index (χ0) is 8.55. The van der Waals surface area contributed by atoms with E-state index in [9.17, 15) is 0 Å². The molecule has 2 bridgehead atoms. The molecule has 0 spiro atoms. The van der Waals surface area contributed by atoms with Crippen molar-refractivity contribution in [1.29, 1.82) is 0 Å². The van der Waals surface area contributed by atoms with Crippen molar-refractivity contribution in [1.82, 2.24) is 9.80 Å². The number of rotatable bonds is 3. The lowest BCUT2D eigenvalue weighted by molar-refractivity contribution is 0.157. The van der Waals surface area contributed by atoms with Gasteiger partial charge in [0.1, 0.15) is 0 Å². The minimum atomic E-state index is 0.847. The average Bonchev–Trinajstić information content (AvgIpc) is 2.58. The Bertz CT molecular complexity index is 163. The van der Waals surface area contributed by atoms with Crippen LogP contribution >= 0.6 is 22.5 Å². The molecule has 0 saturated carbocycles. The van der Waals surface area contributed by atoms with Crippen LogP contribution in [0.4, 0.5) is 0 Å². The topological polar surface area (TPSA) is 6.48 Å². The number of thiol groups is 1. The minimum Gasteiger partial charge on any atom is -0.301 e. The molecule has 0 radical (unpaired) electrons. The molecule has 2 rings (SSSR count). The minimum absolute atomic E-state index is 0.847. The second kappa shape index (κ2) is 3.78. The van der Waals surface area contributed by atoms with Crippen molar-refractivity contribution in [3.63, 3.8) is 0 Å². The van der Waals surface area contributed by atoms with Crippen LogP contribution in [-0.2, 0) is 0 Å². The summed E-state index contributed by atoms with van der Waals surface area (Å²) < 4.78 is 0. The zero-order valence-electron chi connectivity index (χ0n) is 7.44. The van der Waals surface area contributed by atoms with Gasteiger partial charge < -0.3 is 4.90 Å². The molecule has 2 fully saturated rings. The van der Waals surface area contributed by atoms with Crippen molar-refractivity contribution in [3.8, 4) is 0 Å². The SMILES string of the molecule is CN1CC2CC1CN2CCSS. The van der Waals surface area contributed by atoms with Crippen LogP contribution in [0, 0.1) is 0 Å². The maximum Gasteiger partial charge on any atom is 0.0239 e. The number of hydrogen-bond donors (Lipinski definition) is 1. The van der Waals surface area contributed by atoms with E-state index in [-0.39, 0.29) is 0 Å². The van der Waals surface area contributed by atoms with E-state index in [2.05, 4.69) is 28.5 Å². The van der Waals surface area contributed by atoms with E-state index in [0.717, 1.165) is 17.8 Å². The Hall–Kier alpha value is 0.620. The fourth-order valence-corrected chi connectivity index (χ4v) is 2.94. The first-order valence-electron chi connectivity index (χ1n) is 4.52. The van der Waals surface area contributed by atoms with Crippen molar-refractivity contribution in [2.75, 3.05) is 32.4 Å². The quantitative estimate of drug-likeness (QED) is 0.541. The van der Waals surface area contributed by atoms with Gasteiger partial charge in [0.15, 0.2) is 0 Å². The molecule has 0 amide bonds. The largest absolute Gasteiger partial charge is 0.301 e. The molecule has 4 heteroatoms. The number of piperazine rings is 1. The zero-order valence-corrected chi connectivity index (χ0v) is 9.15. The predicted octanol–water partition coefficient (Wildman–Crippen LogP) is 0.953. The number of likely N-dealkylation sites (N-methyl/N-ethyl adjacent to an activating group) is 1. The Morgan fingerprint density at radius 3 is 2.75 bits per heavy atom. The predicted molar refractivity (Wildman–Crippen MR) is 57.8 cm³/mol. The maximum absolute atomic E-state index is 4.16. The number of hydrogen-bond acceptors (Lipinski definition) is 4. The molecule has 70 valence electrons. The molecule has 0 aliphatic carbocycles. The second-order valence-corrected chi connectivity index (χ2v) is 5.25. The summed E-state index contributed by atoms with van der Waals surface area (Å²) in [7, 11) is 3.90. The Balaban J connectivity index is 1.82. The third-order valence-electron chi connectivity index (χ3n) is 3.10. The van der Waals surface area contributed by atoms with E-state index < -0.39 is 0 Å². The van der Waals surface area contributed by atoms with Crippen molar-refractivity contribution < 1.29 is 0 Å². The molecule has 12 heavy (non-hydrogen) atoms. The molecule has 2 aliphatic heterocycles. The smallest absolute Gasteiger partial charge is 0.0239 e. The first-order valence-corrected chi connectivity index (χ1v) is 6.55. The summed E-state index contributed by atoms with van der Waals surface area (Å²) in [6, 6.07) is 1.69.